The van der Waals surface area contributed by atoms with Crippen molar-refractivity contribution in [3.8, 4) is 5.69 Å². The monoisotopic (exact) mass is 320 g/mol. The maximum atomic E-state index is 13.0. The number of hydrazone groups is 1. The Hall–Kier alpha value is -2.95. The van der Waals surface area contributed by atoms with Crippen molar-refractivity contribution in [1.82, 2.24) is 9.55 Å². The third-order valence-electron chi connectivity index (χ3n) is 3.93. The molecule has 3 aromatic rings. The van der Waals surface area contributed by atoms with Gasteiger partial charge in [0.2, 0.25) is 5.95 Å². The Morgan fingerprint density at radius 3 is 2.58 bits per heavy atom. The van der Waals surface area contributed by atoms with Gasteiger partial charge in [-0.25, -0.2) is 15.0 Å². The predicted molar refractivity (Wildman–Crippen MR) is 99.1 cm³/mol. The van der Waals surface area contributed by atoms with E-state index in [1.807, 2.05) is 63.2 Å². The Balaban J connectivity index is 2.25. The first-order valence-corrected chi connectivity index (χ1v) is 7.98. The molecule has 3 rings (SSSR count). The topological polar surface area (TPSA) is 59.3 Å². The van der Waals surface area contributed by atoms with Crippen LogP contribution in [-0.2, 0) is 0 Å². The van der Waals surface area contributed by atoms with Crippen molar-refractivity contribution in [2.24, 2.45) is 5.10 Å². The van der Waals surface area contributed by atoms with E-state index in [-0.39, 0.29) is 5.56 Å². The number of hydrogen-bond donors (Lipinski definition) is 1. The normalized spacial score (nSPS) is 11.7. The number of benzene rings is 2. The Labute approximate surface area is 140 Å². The average molecular weight is 320 g/mol. The lowest BCUT2D eigenvalue weighted by molar-refractivity contribution is 0.953. The van der Waals surface area contributed by atoms with Gasteiger partial charge in [0.25, 0.3) is 5.56 Å². The second-order valence-corrected chi connectivity index (χ2v) is 5.74. The molecule has 0 unspecified atom stereocenters. The molecule has 0 bridgehead atoms. The molecule has 5 nitrogen and oxygen atoms in total. The smallest absolute Gasteiger partial charge is 0.267 e. The summed E-state index contributed by atoms with van der Waals surface area (Å²) in [6, 6.07) is 15.1. The van der Waals surface area contributed by atoms with Crippen LogP contribution in [0.25, 0.3) is 16.6 Å². The molecule has 2 aromatic carbocycles. The number of para-hydroxylation sites is 1. The molecule has 0 aliphatic rings. The standard InChI is InChI=1S/C19H20N4O/c1-4-14(3)21-22-19-20-17-8-6-5-7-16(17)18(24)23(19)15-11-9-13(2)10-12-15/h5-12H,4H2,1-3H3,(H,20,22)/b21-14+. The Morgan fingerprint density at radius 2 is 1.88 bits per heavy atom. The van der Waals surface area contributed by atoms with E-state index in [2.05, 4.69) is 15.5 Å². The van der Waals surface area contributed by atoms with Gasteiger partial charge in [-0.15, -0.1) is 0 Å². The van der Waals surface area contributed by atoms with Crippen molar-refractivity contribution >= 4 is 22.6 Å². The van der Waals surface area contributed by atoms with Crippen molar-refractivity contribution in [1.29, 1.82) is 0 Å². The van der Waals surface area contributed by atoms with Crippen LogP contribution in [0.1, 0.15) is 25.8 Å². The maximum absolute atomic E-state index is 13.0. The van der Waals surface area contributed by atoms with Crippen LogP contribution in [0.3, 0.4) is 0 Å². The molecule has 24 heavy (non-hydrogen) atoms. The quantitative estimate of drug-likeness (QED) is 0.586. The molecule has 0 fully saturated rings. The third-order valence-corrected chi connectivity index (χ3v) is 3.93. The van der Waals surface area contributed by atoms with E-state index in [1.165, 1.54) is 0 Å². The zero-order valence-electron chi connectivity index (χ0n) is 14.1. The van der Waals surface area contributed by atoms with Crippen LogP contribution in [-0.4, -0.2) is 15.3 Å². The molecule has 0 saturated heterocycles. The van der Waals surface area contributed by atoms with Gasteiger partial charge in [0.15, 0.2) is 0 Å². The number of fused-ring (bicyclic) bond motifs is 1. The van der Waals surface area contributed by atoms with Gasteiger partial charge in [0.05, 0.1) is 16.6 Å². The predicted octanol–water partition coefficient (Wildman–Crippen LogP) is 3.89. The number of hydrogen-bond acceptors (Lipinski definition) is 4. The van der Waals surface area contributed by atoms with Crippen molar-refractivity contribution in [3.05, 3.63) is 64.4 Å². The fraction of sp³-hybridized carbons (Fsp3) is 0.211. The van der Waals surface area contributed by atoms with Gasteiger partial charge in [-0.2, -0.15) is 5.10 Å². The van der Waals surface area contributed by atoms with E-state index in [0.717, 1.165) is 23.4 Å². The number of anilines is 1. The minimum atomic E-state index is -0.115. The average Bonchev–Trinajstić information content (AvgIpc) is 2.61. The van der Waals surface area contributed by atoms with Gasteiger partial charge in [-0.1, -0.05) is 36.8 Å². The molecular formula is C19H20N4O. The van der Waals surface area contributed by atoms with Crippen LogP contribution in [0.4, 0.5) is 5.95 Å². The second-order valence-electron chi connectivity index (χ2n) is 5.74. The summed E-state index contributed by atoms with van der Waals surface area (Å²) in [4.78, 5) is 17.6. The highest BCUT2D eigenvalue weighted by molar-refractivity contribution is 5.82. The molecule has 1 heterocycles. The first kappa shape index (κ1) is 15.9. The highest BCUT2D eigenvalue weighted by Gasteiger charge is 2.12. The van der Waals surface area contributed by atoms with Gasteiger partial charge in [-0.3, -0.25) is 4.79 Å². The number of aromatic nitrogens is 2. The number of aryl methyl sites for hydroxylation is 1. The first-order valence-electron chi connectivity index (χ1n) is 7.98. The summed E-state index contributed by atoms with van der Waals surface area (Å²) in [7, 11) is 0. The van der Waals surface area contributed by atoms with Crippen LogP contribution in [0.5, 0.6) is 0 Å². The van der Waals surface area contributed by atoms with E-state index in [9.17, 15) is 4.79 Å². The fourth-order valence-electron chi connectivity index (χ4n) is 2.37. The summed E-state index contributed by atoms with van der Waals surface area (Å²) >= 11 is 0. The molecule has 122 valence electrons. The first-order chi connectivity index (χ1) is 11.6. The van der Waals surface area contributed by atoms with Gasteiger partial charge in [-0.05, 0) is 44.5 Å². The van der Waals surface area contributed by atoms with E-state index < -0.39 is 0 Å². The maximum Gasteiger partial charge on any atom is 0.267 e. The van der Waals surface area contributed by atoms with E-state index in [0.29, 0.717) is 16.9 Å². The number of nitrogens with one attached hydrogen (secondary N) is 1. The molecular weight excluding hydrogens is 300 g/mol. The molecule has 1 N–H and O–H groups in total. The Morgan fingerprint density at radius 1 is 1.17 bits per heavy atom. The van der Waals surface area contributed by atoms with Crippen LogP contribution < -0.4 is 11.0 Å². The molecule has 0 atom stereocenters. The minimum Gasteiger partial charge on any atom is -0.268 e. The van der Waals surface area contributed by atoms with Crippen molar-refractivity contribution in [3.63, 3.8) is 0 Å². The largest absolute Gasteiger partial charge is 0.268 e. The SMILES string of the molecule is CC/C(C)=N/Nc1nc2ccccc2c(=O)n1-c1ccc(C)cc1. The zero-order valence-corrected chi connectivity index (χ0v) is 14.1. The minimum absolute atomic E-state index is 0.115. The molecule has 5 heteroatoms. The van der Waals surface area contributed by atoms with Crippen LogP contribution in [0, 0.1) is 6.92 Å². The molecule has 1 aromatic heterocycles. The lowest BCUT2D eigenvalue weighted by Gasteiger charge is -2.13. The van der Waals surface area contributed by atoms with E-state index in [4.69, 9.17) is 0 Å². The highest BCUT2D eigenvalue weighted by Crippen LogP contribution is 2.16. The van der Waals surface area contributed by atoms with Gasteiger partial charge < -0.3 is 0 Å². The lowest BCUT2D eigenvalue weighted by Crippen LogP contribution is -2.23. The molecule has 0 radical (unpaired) electrons. The summed E-state index contributed by atoms with van der Waals surface area (Å²) in [5.41, 5.74) is 6.32. The third kappa shape index (κ3) is 3.06. The van der Waals surface area contributed by atoms with Gasteiger partial charge >= 0.3 is 0 Å². The van der Waals surface area contributed by atoms with Crippen molar-refractivity contribution < 1.29 is 0 Å². The second kappa shape index (κ2) is 6.66. The lowest BCUT2D eigenvalue weighted by atomic mass is 10.2. The molecule has 0 amide bonds. The summed E-state index contributed by atoms with van der Waals surface area (Å²) in [6.07, 6.45) is 0.829. The van der Waals surface area contributed by atoms with Gasteiger partial charge in [0, 0.05) is 5.71 Å². The van der Waals surface area contributed by atoms with Gasteiger partial charge in [0.1, 0.15) is 0 Å². The molecule has 0 spiro atoms. The van der Waals surface area contributed by atoms with Crippen LogP contribution in [0.2, 0.25) is 0 Å². The Bertz CT molecular complexity index is 955. The fourth-order valence-corrected chi connectivity index (χ4v) is 2.37. The Kier molecular flexibility index (Phi) is 4.42. The highest BCUT2D eigenvalue weighted by atomic mass is 16.1. The molecule has 0 saturated carbocycles. The summed E-state index contributed by atoms with van der Waals surface area (Å²) in [5, 5.41) is 4.89. The van der Waals surface area contributed by atoms with Crippen molar-refractivity contribution in [2.45, 2.75) is 27.2 Å². The summed E-state index contributed by atoms with van der Waals surface area (Å²) in [6.45, 7) is 5.98. The number of nitrogens with zero attached hydrogens (tertiary/aromatic N) is 3. The van der Waals surface area contributed by atoms with Crippen molar-refractivity contribution in [2.75, 3.05) is 5.43 Å². The summed E-state index contributed by atoms with van der Waals surface area (Å²) in [5.74, 6) is 0.412. The molecule has 0 aliphatic carbocycles. The van der Waals surface area contributed by atoms with E-state index >= 15 is 0 Å². The number of rotatable bonds is 4. The zero-order chi connectivity index (χ0) is 17.1. The van der Waals surface area contributed by atoms with E-state index in [1.54, 1.807) is 10.6 Å². The summed E-state index contributed by atoms with van der Waals surface area (Å²) < 4.78 is 1.56. The van der Waals surface area contributed by atoms with Crippen LogP contribution in [0.15, 0.2) is 58.4 Å². The molecule has 0 aliphatic heterocycles. The van der Waals surface area contributed by atoms with Crippen LogP contribution >= 0.6 is 0 Å².